The minimum Gasteiger partial charge on any atom is -0.478 e. The zero-order valence-corrected chi connectivity index (χ0v) is 11.6. The quantitative estimate of drug-likeness (QED) is 0.803. The highest BCUT2D eigenvalue weighted by atomic mass is 16.4. The van der Waals surface area contributed by atoms with Gasteiger partial charge in [-0.2, -0.15) is 0 Å². The van der Waals surface area contributed by atoms with Gasteiger partial charge in [0, 0.05) is 25.7 Å². The zero-order chi connectivity index (χ0) is 14.1. The monoisotopic (exact) mass is 275 g/mol. The minimum atomic E-state index is -0.930. The zero-order valence-electron chi connectivity index (χ0n) is 11.6. The standard InChI is InChI=1S/C15H21N3O2/c16-13-9-11(15(19)20)4-5-14(13)18-8-2-7-17-6-1-3-12(17)10-18/h4-5,9,12H,1-3,6-8,10,16H2,(H,19,20). The van der Waals surface area contributed by atoms with E-state index in [4.69, 9.17) is 10.8 Å². The van der Waals surface area contributed by atoms with Crippen molar-refractivity contribution >= 4 is 17.3 Å². The van der Waals surface area contributed by atoms with Gasteiger partial charge in [-0.25, -0.2) is 4.79 Å². The molecule has 0 aliphatic carbocycles. The molecule has 0 aromatic heterocycles. The van der Waals surface area contributed by atoms with Gasteiger partial charge in [0.1, 0.15) is 0 Å². The van der Waals surface area contributed by atoms with E-state index in [1.165, 1.54) is 19.4 Å². The van der Waals surface area contributed by atoms with Crippen LogP contribution in [0.5, 0.6) is 0 Å². The number of carboxylic acid groups (broad SMARTS) is 1. The highest BCUT2D eigenvalue weighted by Gasteiger charge is 2.29. The second kappa shape index (κ2) is 5.32. The van der Waals surface area contributed by atoms with Crippen molar-refractivity contribution in [3.63, 3.8) is 0 Å². The lowest BCUT2D eigenvalue weighted by molar-refractivity contribution is 0.0697. The van der Waals surface area contributed by atoms with Gasteiger partial charge in [0.25, 0.3) is 0 Å². The maximum Gasteiger partial charge on any atom is 0.335 e. The highest BCUT2D eigenvalue weighted by molar-refractivity contribution is 5.90. The van der Waals surface area contributed by atoms with E-state index in [2.05, 4.69) is 9.80 Å². The first-order valence-electron chi connectivity index (χ1n) is 7.27. The number of carbonyl (C=O) groups is 1. The molecule has 2 fully saturated rings. The predicted octanol–water partition coefficient (Wildman–Crippen LogP) is 1.64. The smallest absolute Gasteiger partial charge is 0.335 e. The number of benzene rings is 1. The van der Waals surface area contributed by atoms with Crippen molar-refractivity contribution in [2.24, 2.45) is 0 Å². The number of carboxylic acids is 1. The van der Waals surface area contributed by atoms with Crippen LogP contribution in [-0.2, 0) is 0 Å². The molecule has 20 heavy (non-hydrogen) atoms. The van der Waals surface area contributed by atoms with E-state index in [0.29, 0.717) is 11.7 Å². The lowest BCUT2D eigenvalue weighted by Crippen LogP contribution is -2.36. The second-order valence-electron chi connectivity index (χ2n) is 5.71. The summed E-state index contributed by atoms with van der Waals surface area (Å²) in [5.74, 6) is -0.930. The van der Waals surface area contributed by atoms with Crippen LogP contribution in [0, 0.1) is 0 Å². The van der Waals surface area contributed by atoms with Gasteiger partial charge in [0.15, 0.2) is 0 Å². The molecule has 2 aliphatic heterocycles. The largest absolute Gasteiger partial charge is 0.478 e. The maximum atomic E-state index is 11.0. The molecule has 0 bridgehead atoms. The molecule has 2 saturated heterocycles. The Kier molecular flexibility index (Phi) is 3.53. The van der Waals surface area contributed by atoms with E-state index >= 15 is 0 Å². The Morgan fingerprint density at radius 1 is 1.25 bits per heavy atom. The average Bonchev–Trinajstić information content (AvgIpc) is 2.76. The van der Waals surface area contributed by atoms with E-state index in [-0.39, 0.29) is 5.56 Å². The van der Waals surface area contributed by atoms with E-state index in [0.717, 1.165) is 31.7 Å². The molecule has 0 spiro atoms. The fourth-order valence-electron chi connectivity index (χ4n) is 3.40. The van der Waals surface area contributed by atoms with Gasteiger partial charge < -0.3 is 15.7 Å². The molecule has 2 heterocycles. The Hall–Kier alpha value is -1.75. The second-order valence-corrected chi connectivity index (χ2v) is 5.71. The topological polar surface area (TPSA) is 69.8 Å². The number of anilines is 2. The molecule has 1 aromatic carbocycles. The molecule has 1 atom stereocenters. The summed E-state index contributed by atoms with van der Waals surface area (Å²) in [5, 5.41) is 9.00. The van der Waals surface area contributed by atoms with Gasteiger partial charge >= 0.3 is 5.97 Å². The van der Waals surface area contributed by atoms with Gasteiger partial charge in [-0.1, -0.05) is 0 Å². The van der Waals surface area contributed by atoms with Crippen molar-refractivity contribution in [3.8, 4) is 0 Å². The number of nitrogens with zero attached hydrogens (tertiary/aromatic N) is 2. The molecule has 3 rings (SSSR count). The Labute approximate surface area is 119 Å². The summed E-state index contributed by atoms with van der Waals surface area (Å²) in [7, 11) is 0. The Morgan fingerprint density at radius 3 is 2.80 bits per heavy atom. The fraction of sp³-hybridized carbons (Fsp3) is 0.533. The van der Waals surface area contributed by atoms with Crippen LogP contribution < -0.4 is 10.6 Å². The van der Waals surface area contributed by atoms with Crippen molar-refractivity contribution in [2.45, 2.75) is 25.3 Å². The van der Waals surface area contributed by atoms with Crippen molar-refractivity contribution in [1.29, 1.82) is 0 Å². The maximum absolute atomic E-state index is 11.0. The Morgan fingerprint density at radius 2 is 2.05 bits per heavy atom. The molecular formula is C15H21N3O2. The summed E-state index contributed by atoms with van der Waals surface area (Å²) in [5.41, 5.74) is 7.85. The third kappa shape index (κ3) is 2.45. The number of nitrogens with two attached hydrogens (primary N) is 1. The van der Waals surface area contributed by atoms with Crippen LogP contribution >= 0.6 is 0 Å². The molecule has 5 nitrogen and oxygen atoms in total. The molecule has 1 aromatic rings. The van der Waals surface area contributed by atoms with E-state index < -0.39 is 5.97 Å². The van der Waals surface area contributed by atoms with Crippen molar-refractivity contribution in [1.82, 2.24) is 4.90 Å². The van der Waals surface area contributed by atoms with Gasteiger partial charge in [-0.3, -0.25) is 4.90 Å². The molecule has 0 amide bonds. The van der Waals surface area contributed by atoms with Crippen LogP contribution in [0.25, 0.3) is 0 Å². The summed E-state index contributed by atoms with van der Waals surface area (Å²) < 4.78 is 0. The van der Waals surface area contributed by atoms with Crippen LogP contribution in [0.15, 0.2) is 18.2 Å². The van der Waals surface area contributed by atoms with Gasteiger partial charge in [0.05, 0.1) is 16.9 Å². The van der Waals surface area contributed by atoms with E-state index in [1.807, 2.05) is 6.07 Å². The Balaban J connectivity index is 1.82. The molecule has 3 N–H and O–H groups in total. The summed E-state index contributed by atoms with van der Waals surface area (Å²) in [6, 6.07) is 5.68. The fourth-order valence-corrected chi connectivity index (χ4v) is 3.40. The first-order valence-corrected chi connectivity index (χ1v) is 7.27. The number of nitrogen functional groups attached to an aromatic ring is 1. The SMILES string of the molecule is Nc1cc(C(=O)O)ccc1N1CCCN2CCCC2C1. The number of fused-ring (bicyclic) bond motifs is 1. The summed E-state index contributed by atoms with van der Waals surface area (Å²) in [4.78, 5) is 15.9. The van der Waals surface area contributed by atoms with Gasteiger partial charge in [0.2, 0.25) is 0 Å². The number of hydrogen-bond acceptors (Lipinski definition) is 4. The normalized spacial score (nSPS) is 23.4. The van der Waals surface area contributed by atoms with E-state index in [1.54, 1.807) is 12.1 Å². The predicted molar refractivity (Wildman–Crippen MR) is 79.2 cm³/mol. The number of aromatic carboxylic acids is 1. The summed E-state index contributed by atoms with van der Waals surface area (Å²) >= 11 is 0. The van der Waals surface area contributed by atoms with Crippen LogP contribution in [-0.4, -0.2) is 48.2 Å². The molecule has 1 unspecified atom stereocenters. The summed E-state index contributed by atoms with van der Waals surface area (Å²) in [6.07, 6.45) is 3.67. The van der Waals surface area contributed by atoms with Crippen molar-refractivity contribution < 1.29 is 9.90 Å². The third-order valence-corrected chi connectivity index (χ3v) is 4.42. The lowest BCUT2D eigenvalue weighted by atomic mass is 10.1. The van der Waals surface area contributed by atoms with Crippen LogP contribution in [0.3, 0.4) is 0 Å². The van der Waals surface area contributed by atoms with E-state index in [9.17, 15) is 4.79 Å². The van der Waals surface area contributed by atoms with Gasteiger partial charge in [-0.05, 0) is 44.0 Å². The van der Waals surface area contributed by atoms with Crippen molar-refractivity contribution in [3.05, 3.63) is 23.8 Å². The van der Waals surface area contributed by atoms with Crippen LogP contribution in [0.2, 0.25) is 0 Å². The van der Waals surface area contributed by atoms with Crippen LogP contribution in [0.1, 0.15) is 29.6 Å². The molecule has 0 saturated carbocycles. The van der Waals surface area contributed by atoms with Crippen LogP contribution in [0.4, 0.5) is 11.4 Å². The first kappa shape index (κ1) is 13.2. The first-order chi connectivity index (χ1) is 9.65. The molecule has 2 aliphatic rings. The minimum absolute atomic E-state index is 0.253. The van der Waals surface area contributed by atoms with Gasteiger partial charge in [-0.15, -0.1) is 0 Å². The van der Waals surface area contributed by atoms with Crippen molar-refractivity contribution in [2.75, 3.05) is 36.8 Å². The highest BCUT2D eigenvalue weighted by Crippen LogP contribution is 2.29. The molecule has 5 heteroatoms. The molecular weight excluding hydrogens is 254 g/mol. The molecule has 0 radical (unpaired) electrons. The number of hydrogen-bond donors (Lipinski definition) is 2. The number of rotatable bonds is 2. The molecule has 108 valence electrons. The average molecular weight is 275 g/mol. The lowest BCUT2D eigenvalue weighted by Gasteiger charge is -2.28. The Bertz CT molecular complexity index is 518. The third-order valence-electron chi connectivity index (χ3n) is 4.42. The summed E-state index contributed by atoms with van der Waals surface area (Å²) in [6.45, 7) is 4.36.